The minimum absolute atomic E-state index is 0.881. The molecule has 0 aliphatic rings. The van der Waals surface area contributed by atoms with Crippen LogP contribution in [0.4, 0.5) is 0 Å². The van der Waals surface area contributed by atoms with E-state index in [0.717, 1.165) is 29.6 Å². The maximum absolute atomic E-state index is 5.17. The van der Waals surface area contributed by atoms with Crippen molar-refractivity contribution >= 4 is 19.3 Å². The molecule has 88 valence electrons. The lowest BCUT2D eigenvalue weighted by Crippen LogP contribution is -2.42. The quantitative estimate of drug-likeness (QED) is 0.637. The molecule has 0 rings (SSSR count). The Bertz CT molecular complexity index is 99.2. The van der Waals surface area contributed by atoms with Crippen molar-refractivity contribution in [1.29, 1.82) is 0 Å². The fourth-order valence-corrected chi connectivity index (χ4v) is 2.59. The van der Waals surface area contributed by atoms with Crippen molar-refractivity contribution < 1.29 is 17.7 Å². The largest absolute Gasteiger partial charge is 0.500 e. The lowest BCUT2D eigenvalue weighted by atomic mass is 10.6. The second-order valence-corrected chi connectivity index (χ2v) is 6.29. The molecule has 0 spiro atoms. The van der Waals surface area contributed by atoms with Crippen LogP contribution in [0.25, 0.3) is 0 Å². The molecule has 0 saturated carbocycles. The third-order valence-corrected chi connectivity index (χ3v) is 5.33. The molecule has 0 aliphatic carbocycles. The molecular weight excluding hydrogens is 216 g/mol. The van der Waals surface area contributed by atoms with Gasteiger partial charge < -0.3 is 17.7 Å². The normalized spacial score (nSPS) is 10.9. The third kappa shape index (κ3) is 7.66. The third-order valence-electron chi connectivity index (χ3n) is 1.78. The first-order valence-corrected chi connectivity index (χ1v) is 7.55. The Morgan fingerprint density at radius 3 is 1.43 bits per heavy atom. The first kappa shape index (κ1) is 16.7. The Balaban J connectivity index is 0. The summed E-state index contributed by atoms with van der Waals surface area (Å²) >= 11 is 0. The lowest BCUT2D eigenvalue weighted by Gasteiger charge is -2.23. The maximum atomic E-state index is 5.17. The van der Waals surface area contributed by atoms with Gasteiger partial charge in [0.15, 0.2) is 0 Å². The summed E-state index contributed by atoms with van der Waals surface area (Å²) in [5.74, 6) is 0. The molecule has 0 saturated heterocycles. The highest BCUT2D eigenvalue weighted by atomic mass is 28.4. The van der Waals surface area contributed by atoms with Crippen LogP contribution in [0.3, 0.4) is 0 Å². The average molecular weight is 240 g/mol. The summed E-state index contributed by atoms with van der Waals surface area (Å²) in [6.45, 7) is 4.96. The molecule has 4 nitrogen and oxygen atoms in total. The van der Waals surface area contributed by atoms with Crippen LogP contribution >= 0.6 is 0 Å². The molecule has 0 aromatic rings. The van der Waals surface area contributed by atoms with Gasteiger partial charge in [-0.2, -0.15) is 0 Å². The minimum Gasteiger partial charge on any atom is -0.428 e. The van der Waals surface area contributed by atoms with Crippen LogP contribution in [0.1, 0.15) is 20.3 Å². The standard InChI is InChI=1S/C6H16O3Si.C2H8OSi/c1-5-6-10(7-2,8-3)9-4;1-2-3-4/h5-6H2,1-4H3;2H2,1,4H3. The van der Waals surface area contributed by atoms with Crippen LogP contribution < -0.4 is 0 Å². The Labute approximate surface area is 91.8 Å². The molecule has 0 fully saturated rings. The van der Waals surface area contributed by atoms with Crippen LogP contribution in [0.5, 0.6) is 0 Å². The molecular formula is C8H24O4Si2. The second kappa shape index (κ2) is 11.3. The maximum Gasteiger partial charge on any atom is 0.500 e. The van der Waals surface area contributed by atoms with Gasteiger partial charge in [0.05, 0.1) is 0 Å². The molecule has 0 atom stereocenters. The summed E-state index contributed by atoms with van der Waals surface area (Å²) in [5.41, 5.74) is 0. The first-order chi connectivity index (χ1) is 6.66. The van der Waals surface area contributed by atoms with E-state index >= 15 is 0 Å². The van der Waals surface area contributed by atoms with Crippen molar-refractivity contribution in [3.05, 3.63) is 0 Å². The van der Waals surface area contributed by atoms with Crippen LogP contribution in [-0.2, 0) is 17.7 Å². The van der Waals surface area contributed by atoms with Crippen LogP contribution in [0.15, 0.2) is 0 Å². The van der Waals surface area contributed by atoms with Gasteiger partial charge in [0.25, 0.3) is 0 Å². The summed E-state index contributed by atoms with van der Waals surface area (Å²) in [4.78, 5) is 0. The van der Waals surface area contributed by atoms with Gasteiger partial charge in [-0.25, -0.2) is 0 Å². The molecule has 0 heterocycles. The molecule has 14 heavy (non-hydrogen) atoms. The zero-order chi connectivity index (χ0) is 11.4. The summed E-state index contributed by atoms with van der Waals surface area (Å²) in [6.07, 6.45) is 1.03. The van der Waals surface area contributed by atoms with E-state index in [1.807, 2.05) is 6.92 Å². The van der Waals surface area contributed by atoms with E-state index in [1.165, 1.54) is 0 Å². The SMILES string of the molecule is CCC[Si](OC)(OC)OC.CCO[SiH3]. The topological polar surface area (TPSA) is 36.9 Å². The zero-order valence-electron chi connectivity index (χ0n) is 10.3. The highest BCUT2D eigenvalue weighted by molar-refractivity contribution is 6.60. The Kier molecular flexibility index (Phi) is 13.5. The lowest BCUT2D eigenvalue weighted by molar-refractivity contribution is 0.123. The number of hydrogen-bond donors (Lipinski definition) is 0. The highest BCUT2D eigenvalue weighted by Gasteiger charge is 2.36. The monoisotopic (exact) mass is 240 g/mol. The van der Waals surface area contributed by atoms with Gasteiger partial charge in [-0.3, -0.25) is 0 Å². The first-order valence-electron chi connectivity index (χ1n) is 4.80. The average Bonchev–Trinajstić information content (AvgIpc) is 2.26. The van der Waals surface area contributed by atoms with Gasteiger partial charge in [0.1, 0.15) is 10.5 Å². The summed E-state index contributed by atoms with van der Waals surface area (Å²) in [7, 11) is 3.57. The molecule has 0 N–H and O–H groups in total. The predicted octanol–water partition coefficient (Wildman–Crippen LogP) is 0.578. The van der Waals surface area contributed by atoms with Crippen LogP contribution in [0.2, 0.25) is 6.04 Å². The van der Waals surface area contributed by atoms with Gasteiger partial charge in [-0.05, 0) is 6.92 Å². The van der Waals surface area contributed by atoms with Gasteiger partial charge in [-0.1, -0.05) is 13.3 Å². The van der Waals surface area contributed by atoms with Crippen LogP contribution in [-0.4, -0.2) is 47.2 Å². The van der Waals surface area contributed by atoms with E-state index in [9.17, 15) is 0 Å². The van der Waals surface area contributed by atoms with Gasteiger partial charge in [-0.15, -0.1) is 0 Å². The molecule has 0 unspecified atom stereocenters. The molecule has 0 aliphatic heterocycles. The van der Waals surface area contributed by atoms with Gasteiger partial charge >= 0.3 is 8.80 Å². The second-order valence-electron chi connectivity index (χ2n) is 2.62. The molecule has 6 heteroatoms. The summed E-state index contributed by atoms with van der Waals surface area (Å²) in [6, 6.07) is 0.885. The summed E-state index contributed by atoms with van der Waals surface area (Å²) in [5, 5.41) is 0. The van der Waals surface area contributed by atoms with Gasteiger partial charge in [0, 0.05) is 34.0 Å². The van der Waals surface area contributed by atoms with E-state index < -0.39 is 8.80 Å². The van der Waals surface area contributed by atoms with Crippen molar-refractivity contribution in [2.24, 2.45) is 0 Å². The molecule has 0 radical (unpaired) electrons. The summed E-state index contributed by atoms with van der Waals surface area (Å²) < 4.78 is 20.2. The zero-order valence-corrected chi connectivity index (χ0v) is 13.3. The number of rotatable bonds is 6. The van der Waals surface area contributed by atoms with Crippen molar-refractivity contribution in [3.63, 3.8) is 0 Å². The molecule has 0 amide bonds. The van der Waals surface area contributed by atoms with E-state index in [4.69, 9.17) is 13.3 Å². The van der Waals surface area contributed by atoms with E-state index in [-0.39, 0.29) is 0 Å². The molecule has 0 bridgehead atoms. The van der Waals surface area contributed by atoms with Crippen molar-refractivity contribution in [2.75, 3.05) is 27.9 Å². The highest BCUT2D eigenvalue weighted by Crippen LogP contribution is 2.13. The fourth-order valence-electron chi connectivity index (χ4n) is 0.862. The number of hydrogen-bond acceptors (Lipinski definition) is 4. The van der Waals surface area contributed by atoms with Crippen molar-refractivity contribution in [2.45, 2.75) is 26.3 Å². The van der Waals surface area contributed by atoms with E-state index in [1.54, 1.807) is 21.3 Å². The minimum atomic E-state index is -2.22. The van der Waals surface area contributed by atoms with Crippen molar-refractivity contribution in [3.8, 4) is 0 Å². The van der Waals surface area contributed by atoms with Crippen LogP contribution in [0, 0.1) is 0 Å². The Morgan fingerprint density at radius 1 is 1.00 bits per heavy atom. The Morgan fingerprint density at radius 2 is 1.36 bits per heavy atom. The fraction of sp³-hybridized carbons (Fsp3) is 1.00. The smallest absolute Gasteiger partial charge is 0.428 e. The Hall–Kier alpha value is 0.274. The van der Waals surface area contributed by atoms with E-state index in [2.05, 4.69) is 11.3 Å². The van der Waals surface area contributed by atoms with E-state index in [0.29, 0.717) is 0 Å². The molecule has 0 aromatic heterocycles. The predicted molar refractivity (Wildman–Crippen MR) is 63.4 cm³/mol. The molecule has 0 aromatic carbocycles. The van der Waals surface area contributed by atoms with Gasteiger partial charge in [0.2, 0.25) is 0 Å². The van der Waals surface area contributed by atoms with Crippen molar-refractivity contribution in [1.82, 2.24) is 0 Å².